The molecule has 1 heterocycles. The summed E-state index contributed by atoms with van der Waals surface area (Å²) in [7, 11) is 0. The minimum absolute atomic E-state index is 0.0919. The second-order valence-corrected chi connectivity index (χ2v) is 5.77. The number of carbonyl (C=O) groups is 1. The second kappa shape index (κ2) is 5.66. The quantitative estimate of drug-likeness (QED) is 0.946. The smallest absolute Gasteiger partial charge is 0.264 e. The number of benzene rings is 1. The number of rotatable bonds is 3. The highest BCUT2D eigenvalue weighted by Gasteiger charge is 2.29. The topological polar surface area (TPSA) is 54.9 Å². The molecule has 6 heteroatoms. The number of nitrogens with one attached hydrogen (secondary N) is 1. The van der Waals surface area contributed by atoms with Gasteiger partial charge in [0.1, 0.15) is 10.7 Å². The SMILES string of the molecule is O=C(N[C@H]1CC[C@@H](c2ccccc2F)C1)c1cnns1. The molecule has 0 unspecified atom stereocenters. The molecule has 2 aromatic rings. The predicted molar refractivity (Wildman–Crippen MR) is 74.2 cm³/mol. The van der Waals surface area contributed by atoms with E-state index >= 15 is 0 Å². The minimum Gasteiger partial charge on any atom is -0.348 e. The molecule has 104 valence electrons. The summed E-state index contributed by atoms with van der Waals surface area (Å²) in [5.41, 5.74) is 0.753. The van der Waals surface area contributed by atoms with E-state index < -0.39 is 0 Å². The Morgan fingerprint density at radius 1 is 1.35 bits per heavy atom. The van der Waals surface area contributed by atoms with Gasteiger partial charge in [0.15, 0.2) is 0 Å². The first kappa shape index (κ1) is 13.2. The fourth-order valence-electron chi connectivity index (χ4n) is 2.72. The van der Waals surface area contributed by atoms with Crippen LogP contribution in [0, 0.1) is 5.82 Å². The Hall–Kier alpha value is -1.82. The van der Waals surface area contributed by atoms with Crippen molar-refractivity contribution in [3.8, 4) is 0 Å². The van der Waals surface area contributed by atoms with Crippen molar-refractivity contribution in [2.24, 2.45) is 0 Å². The maximum atomic E-state index is 13.8. The molecule has 0 aliphatic heterocycles. The molecular weight excluding hydrogens is 277 g/mol. The van der Waals surface area contributed by atoms with Crippen molar-refractivity contribution in [3.05, 3.63) is 46.7 Å². The first-order valence-corrected chi connectivity index (χ1v) is 7.34. The van der Waals surface area contributed by atoms with Crippen molar-refractivity contribution in [1.29, 1.82) is 0 Å². The zero-order chi connectivity index (χ0) is 13.9. The van der Waals surface area contributed by atoms with Gasteiger partial charge in [-0.15, -0.1) is 5.10 Å². The fraction of sp³-hybridized carbons (Fsp3) is 0.357. The maximum Gasteiger partial charge on any atom is 0.264 e. The van der Waals surface area contributed by atoms with Crippen molar-refractivity contribution in [2.75, 3.05) is 0 Å². The minimum atomic E-state index is -0.156. The molecule has 1 aliphatic rings. The molecule has 1 N–H and O–H groups in total. The molecule has 1 fully saturated rings. The third kappa shape index (κ3) is 2.70. The van der Waals surface area contributed by atoms with E-state index in [2.05, 4.69) is 14.9 Å². The third-order valence-corrected chi connectivity index (χ3v) is 4.36. The Kier molecular flexibility index (Phi) is 3.73. The highest BCUT2D eigenvalue weighted by molar-refractivity contribution is 7.07. The lowest BCUT2D eigenvalue weighted by atomic mass is 9.97. The number of halogens is 1. The van der Waals surface area contributed by atoms with Gasteiger partial charge in [-0.1, -0.05) is 22.7 Å². The maximum absolute atomic E-state index is 13.8. The molecule has 1 aromatic carbocycles. The van der Waals surface area contributed by atoms with E-state index in [0.29, 0.717) is 4.88 Å². The fourth-order valence-corrected chi connectivity index (χ4v) is 3.14. The van der Waals surface area contributed by atoms with Gasteiger partial charge in [0.25, 0.3) is 5.91 Å². The van der Waals surface area contributed by atoms with Crippen molar-refractivity contribution in [1.82, 2.24) is 14.9 Å². The summed E-state index contributed by atoms with van der Waals surface area (Å²) in [5.74, 6) is -0.114. The van der Waals surface area contributed by atoms with Gasteiger partial charge in [-0.05, 0) is 48.3 Å². The van der Waals surface area contributed by atoms with Crippen LogP contribution in [0.5, 0.6) is 0 Å². The lowest BCUT2D eigenvalue weighted by Gasteiger charge is -2.13. The molecule has 20 heavy (non-hydrogen) atoms. The van der Waals surface area contributed by atoms with Gasteiger partial charge >= 0.3 is 0 Å². The van der Waals surface area contributed by atoms with Crippen LogP contribution in [-0.4, -0.2) is 21.5 Å². The zero-order valence-corrected chi connectivity index (χ0v) is 11.6. The van der Waals surface area contributed by atoms with Crippen LogP contribution in [0.25, 0.3) is 0 Å². The summed E-state index contributed by atoms with van der Waals surface area (Å²) < 4.78 is 17.4. The number of carbonyl (C=O) groups excluding carboxylic acids is 1. The first-order chi connectivity index (χ1) is 9.74. The molecule has 3 rings (SSSR count). The van der Waals surface area contributed by atoms with Crippen LogP contribution in [0.3, 0.4) is 0 Å². The van der Waals surface area contributed by atoms with Crippen LogP contribution < -0.4 is 5.32 Å². The number of hydrogen-bond donors (Lipinski definition) is 1. The number of amides is 1. The number of hydrogen-bond acceptors (Lipinski definition) is 4. The average Bonchev–Trinajstić information content (AvgIpc) is 3.10. The van der Waals surface area contributed by atoms with Gasteiger partial charge in [0, 0.05) is 6.04 Å². The summed E-state index contributed by atoms with van der Waals surface area (Å²) in [6, 6.07) is 6.97. The normalized spacial score (nSPS) is 21.9. The van der Waals surface area contributed by atoms with Crippen molar-refractivity contribution in [3.63, 3.8) is 0 Å². The highest BCUT2D eigenvalue weighted by Crippen LogP contribution is 2.35. The Labute approximate surface area is 120 Å². The van der Waals surface area contributed by atoms with Crippen molar-refractivity contribution >= 4 is 17.4 Å². The van der Waals surface area contributed by atoms with Crippen LogP contribution in [0.15, 0.2) is 30.5 Å². The average molecular weight is 291 g/mol. The van der Waals surface area contributed by atoms with Gasteiger partial charge in [0.05, 0.1) is 6.20 Å². The van der Waals surface area contributed by atoms with Crippen LogP contribution in [0.2, 0.25) is 0 Å². The van der Waals surface area contributed by atoms with E-state index in [1.165, 1.54) is 12.3 Å². The summed E-state index contributed by atoms with van der Waals surface area (Å²) in [4.78, 5) is 12.4. The molecule has 0 bridgehead atoms. The standard InChI is InChI=1S/C14H14FN3OS/c15-12-4-2-1-3-11(12)9-5-6-10(7-9)17-14(19)13-8-16-18-20-13/h1-4,8-10H,5-7H2,(H,17,19)/t9-,10+/m1/s1. The predicted octanol–water partition coefficient (Wildman–Crippen LogP) is 2.74. The molecule has 1 aromatic heterocycles. The molecule has 0 saturated heterocycles. The van der Waals surface area contributed by atoms with Crippen molar-refractivity contribution in [2.45, 2.75) is 31.2 Å². The van der Waals surface area contributed by atoms with E-state index in [9.17, 15) is 9.18 Å². The van der Waals surface area contributed by atoms with E-state index in [-0.39, 0.29) is 23.7 Å². The molecule has 1 amide bonds. The summed E-state index contributed by atoms with van der Waals surface area (Å²) in [6.07, 6.45) is 4.01. The summed E-state index contributed by atoms with van der Waals surface area (Å²) in [6.45, 7) is 0. The Bertz CT molecular complexity index is 602. The zero-order valence-electron chi connectivity index (χ0n) is 10.8. The van der Waals surface area contributed by atoms with Crippen LogP contribution >= 0.6 is 11.5 Å². The van der Waals surface area contributed by atoms with Gasteiger partial charge in [0.2, 0.25) is 0 Å². The highest BCUT2D eigenvalue weighted by atomic mass is 32.1. The molecule has 1 saturated carbocycles. The molecule has 4 nitrogen and oxygen atoms in total. The molecular formula is C14H14FN3OS. The second-order valence-electron chi connectivity index (χ2n) is 4.98. The largest absolute Gasteiger partial charge is 0.348 e. The number of nitrogens with zero attached hydrogens (tertiary/aromatic N) is 2. The Balaban J connectivity index is 1.63. The van der Waals surface area contributed by atoms with Crippen molar-refractivity contribution < 1.29 is 9.18 Å². The van der Waals surface area contributed by atoms with E-state index in [4.69, 9.17) is 0 Å². The van der Waals surface area contributed by atoms with Crippen LogP contribution in [0.4, 0.5) is 4.39 Å². The Morgan fingerprint density at radius 3 is 2.95 bits per heavy atom. The van der Waals surface area contributed by atoms with E-state index in [1.807, 2.05) is 12.1 Å². The van der Waals surface area contributed by atoms with E-state index in [1.54, 1.807) is 6.07 Å². The third-order valence-electron chi connectivity index (χ3n) is 3.70. The van der Waals surface area contributed by atoms with Crippen LogP contribution in [0.1, 0.15) is 40.4 Å². The summed E-state index contributed by atoms with van der Waals surface area (Å²) in [5, 5.41) is 6.62. The first-order valence-electron chi connectivity index (χ1n) is 6.56. The van der Waals surface area contributed by atoms with Crippen LogP contribution in [-0.2, 0) is 0 Å². The molecule has 0 radical (unpaired) electrons. The Morgan fingerprint density at radius 2 is 2.20 bits per heavy atom. The van der Waals surface area contributed by atoms with Gasteiger partial charge in [-0.2, -0.15) is 0 Å². The van der Waals surface area contributed by atoms with Gasteiger partial charge in [-0.25, -0.2) is 4.39 Å². The molecule has 1 aliphatic carbocycles. The lowest BCUT2D eigenvalue weighted by molar-refractivity contribution is 0.0941. The lowest BCUT2D eigenvalue weighted by Crippen LogP contribution is -2.32. The van der Waals surface area contributed by atoms with Gasteiger partial charge < -0.3 is 5.32 Å². The molecule has 0 spiro atoms. The van der Waals surface area contributed by atoms with E-state index in [0.717, 1.165) is 36.4 Å². The monoisotopic (exact) mass is 291 g/mol. The van der Waals surface area contributed by atoms with Gasteiger partial charge in [-0.3, -0.25) is 4.79 Å². The molecule has 2 atom stereocenters. The number of aromatic nitrogens is 2. The summed E-state index contributed by atoms with van der Waals surface area (Å²) >= 11 is 1.08.